The van der Waals surface area contributed by atoms with Crippen molar-refractivity contribution in [1.29, 1.82) is 0 Å². The largest absolute Gasteiger partial charge is 0.454 e. The molecule has 0 saturated heterocycles. The second-order valence-corrected chi connectivity index (χ2v) is 9.22. The number of nitrogens with one attached hydrogen (secondary N) is 2. The molecule has 0 fully saturated rings. The van der Waals surface area contributed by atoms with Gasteiger partial charge in [0.1, 0.15) is 11.3 Å². The Balaban J connectivity index is 1.54. The van der Waals surface area contributed by atoms with Gasteiger partial charge >= 0.3 is 0 Å². The number of rotatable bonds is 5. The van der Waals surface area contributed by atoms with Crippen LogP contribution in [0.5, 0.6) is 0 Å². The van der Waals surface area contributed by atoms with Crippen LogP contribution in [0.1, 0.15) is 10.4 Å². The van der Waals surface area contributed by atoms with E-state index in [0.29, 0.717) is 16.6 Å². The van der Waals surface area contributed by atoms with Gasteiger partial charge in [-0.1, -0.05) is 29.8 Å². The van der Waals surface area contributed by atoms with Crippen molar-refractivity contribution in [3.63, 3.8) is 0 Å². The molecule has 0 spiro atoms. The van der Waals surface area contributed by atoms with Crippen LogP contribution in [-0.4, -0.2) is 25.6 Å². The molecule has 2 heterocycles. The van der Waals surface area contributed by atoms with Crippen LogP contribution in [-0.2, 0) is 10.0 Å². The number of benzene rings is 2. The lowest BCUT2D eigenvalue weighted by Crippen LogP contribution is -2.14. The lowest BCUT2D eigenvalue weighted by molar-refractivity contribution is 0.102. The van der Waals surface area contributed by atoms with Gasteiger partial charge < -0.3 is 4.42 Å². The van der Waals surface area contributed by atoms with Crippen molar-refractivity contribution in [3.8, 4) is 11.5 Å². The summed E-state index contributed by atoms with van der Waals surface area (Å²) < 4.78 is 30.9. The SMILES string of the molecule is CS(=O)(=O)Nc1cc(C(=O)Nc2nc(-c3cc4ccccc4o3)cs2)ccc1Cl. The van der Waals surface area contributed by atoms with Crippen LogP contribution in [0.2, 0.25) is 5.02 Å². The first-order chi connectivity index (χ1) is 13.8. The molecule has 0 unspecified atom stereocenters. The molecule has 2 aromatic carbocycles. The molecule has 0 saturated carbocycles. The Labute approximate surface area is 175 Å². The smallest absolute Gasteiger partial charge is 0.257 e. The molecule has 29 heavy (non-hydrogen) atoms. The Morgan fingerprint density at radius 1 is 1.17 bits per heavy atom. The van der Waals surface area contributed by atoms with E-state index >= 15 is 0 Å². The highest BCUT2D eigenvalue weighted by atomic mass is 35.5. The number of fused-ring (bicyclic) bond motifs is 1. The van der Waals surface area contributed by atoms with Gasteiger partial charge in [0.05, 0.1) is 17.0 Å². The minimum atomic E-state index is -3.53. The number of aromatic nitrogens is 1. The van der Waals surface area contributed by atoms with Gasteiger partial charge in [0.2, 0.25) is 10.0 Å². The van der Waals surface area contributed by atoms with Crippen LogP contribution in [0.15, 0.2) is 58.3 Å². The molecular weight excluding hydrogens is 434 g/mol. The zero-order chi connectivity index (χ0) is 20.6. The summed E-state index contributed by atoms with van der Waals surface area (Å²) in [7, 11) is -3.53. The molecular formula is C19H14ClN3O4S2. The van der Waals surface area contributed by atoms with Crippen molar-refractivity contribution in [3.05, 3.63) is 64.5 Å². The molecule has 0 bridgehead atoms. The summed E-state index contributed by atoms with van der Waals surface area (Å²) in [4.78, 5) is 16.9. The average Bonchev–Trinajstić information content (AvgIpc) is 3.28. The number of halogens is 1. The first-order valence-corrected chi connectivity index (χ1v) is 11.5. The molecule has 0 atom stereocenters. The molecule has 0 radical (unpaired) electrons. The third kappa shape index (κ3) is 4.42. The fourth-order valence-corrected chi connectivity index (χ4v) is 4.15. The Hall–Kier alpha value is -2.88. The second kappa shape index (κ2) is 7.51. The third-order valence-corrected chi connectivity index (χ3v) is 5.60. The van der Waals surface area contributed by atoms with Gasteiger partial charge in [0.15, 0.2) is 10.9 Å². The van der Waals surface area contributed by atoms with E-state index in [9.17, 15) is 13.2 Å². The van der Waals surface area contributed by atoms with Crippen molar-refractivity contribution < 1.29 is 17.6 Å². The zero-order valence-corrected chi connectivity index (χ0v) is 17.4. The van der Waals surface area contributed by atoms with Gasteiger partial charge in [-0.2, -0.15) is 0 Å². The molecule has 1 amide bonds. The Kier molecular flexibility index (Phi) is 5.03. The average molecular weight is 448 g/mol. The predicted octanol–water partition coefficient (Wildman–Crippen LogP) is 4.83. The maximum atomic E-state index is 12.5. The van der Waals surface area contributed by atoms with Crippen LogP contribution in [0.4, 0.5) is 10.8 Å². The van der Waals surface area contributed by atoms with Gasteiger partial charge in [-0.05, 0) is 30.3 Å². The minimum absolute atomic E-state index is 0.129. The standard InChI is InChI=1S/C19H14ClN3O4S2/c1-29(25,26)23-14-8-12(6-7-13(14)20)18(24)22-19-21-15(10-28-19)17-9-11-4-2-3-5-16(11)27-17/h2-10,23H,1H3,(H,21,22,24). The Morgan fingerprint density at radius 2 is 1.97 bits per heavy atom. The van der Waals surface area contributed by atoms with Crippen LogP contribution >= 0.6 is 22.9 Å². The van der Waals surface area contributed by atoms with Crippen LogP contribution in [0.25, 0.3) is 22.4 Å². The van der Waals surface area contributed by atoms with Crippen molar-refractivity contribution in [1.82, 2.24) is 4.98 Å². The molecule has 4 aromatic rings. The highest BCUT2D eigenvalue weighted by Crippen LogP contribution is 2.30. The third-order valence-electron chi connectivity index (χ3n) is 3.93. The van der Waals surface area contributed by atoms with E-state index in [-0.39, 0.29) is 16.3 Å². The highest BCUT2D eigenvalue weighted by molar-refractivity contribution is 7.92. The number of anilines is 2. The number of sulfonamides is 1. The van der Waals surface area contributed by atoms with Crippen LogP contribution in [0, 0.1) is 0 Å². The normalized spacial score (nSPS) is 11.5. The molecule has 0 aliphatic carbocycles. The lowest BCUT2D eigenvalue weighted by Gasteiger charge is -2.08. The number of carbonyl (C=O) groups is 1. The Morgan fingerprint density at radius 3 is 2.72 bits per heavy atom. The van der Waals surface area contributed by atoms with Crippen molar-refractivity contribution in [2.75, 3.05) is 16.3 Å². The molecule has 0 aliphatic heterocycles. The van der Waals surface area contributed by atoms with Crippen molar-refractivity contribution in [2.45, 2.75) is 0 Å². The summed E-state index contributed by atoms with van der Waals surface area (Å²) in [5.41, 5.74) is 1.73. The second-order valence-electron chi connectivity index (χ2n) is 6.21. The van der Waals surface area contributed by atoms with E-state index in [0.717, 1.165) is 17.2 Å². The summed E-state index contributed by atoms with van der Waals surface area (Å²) in [5.74, 6) is 0.165. The van der Waals surface area contributed by atoms with E-state index in [2.05, 4.69) is 15.0 Å². The van der Waals surface area contributed by atoms with E-state index in [1.807, 2.05) is 30.3 Å². The van der Waals surface area contributed by atoms with E-state index in [1.165, 1.54) is 29.5 Å². The van der Waals surface area contributed by atoms with E-state index in [4.69, 9.17) is 16.0 Å². The predicted molar refractivity (Wildman–Crippen MR) is 115 cm³/mol. The van der Waals surface area contributed by atoms with E-state index < -0.39 is 15.9 Å². The molecule has 148 valence electrons. The zero-order valence-electron chi connectivity index (χ0n) is 15.0. The number of hydrogen-bond acceptors (Lipinski definition) is 6. The Bertz CT molecular complexity index is 1300. The lowest BCUT2D eigenvalue weighted by atomic mass is 10.2. The fraction of sp³-hybridized carbons (Fsp3) is 0.0526. The molecule has 2 N–H and O–H groups in total. The maximum Gasteiger partial charge on any atom is 0.257 e. The van der Waals surface area contributed by atoms with Gasteiger partial charge in [-0.15, -0.1) is 11.3 Å². The number of nitrogens with zero attached hydrogens (tertiary/aromatic N) is 1. The van der Waals surface area contributed by atoms with Crippen molar-refractivity contribution in [2.24, 2.45) is 0 Å². The number of furan rings is 1. The number of thiazole rings is 1. The maximum absolute atomic E-state index is 12.5. The topological polar surface area (TPSA) is 101 Å². The number of amides is 1. The summed E-state index contributed by atoms with van der Waals surface area (Å²) in [6, 6.07) is 13.8. The van der Waals surface area contributed by atoms with Gasteiger partial charge in [0.25, 0.3) is 5.91 Å². The molecule has 4 rings (SSSR count). The van der Waals surface area contributed by atoms with Gasteiger partial charge in [0, 0.05) is 16.3 Å². The number of carbonyl (C=O) groups excluding carboxylic acids is 1. The van der Waals surface area contributed by atoms with Gasteiger partial charge in [-0.3, -0.25) is 14.8 Å². The monoisotopic (exact) mass is 447 g/mol. The quantitative estimate of drug-likeness (QED) is 0.456. The summed E-state index contributed by atoms with van der Waals surface area (Å²) in [6.45, 7) is 0. The molecule has 2 aromatic heterocycles. The fourth-order valence-electron chi connectivity index (χ4n) is 2.67. The first-order valence-electron chi connectivity index (χ1n) is 8.32. The minimum Gasteiger partial charge on any atom is -0.454 e. The van der Waals surface area contributed by atoms with Gasteiger partial charge in [-0.25, -0.2) is 13.4 Å². The highest BCUT2D eigenvalue weighted by Gasteiger charge is 2.15. The summed E-state index contributed by atoms with van der Waals surface area (Å²) in [6.07, 6.45) is 1.01. The van der Waals surface area contributed by atoms with Crippen LogP contribution in [0.3, 0.4) is 0 Å². The molecule has 10 heteroatoms. The van der Waals surface area contributed by atoms with Crippen molar-refractivity contribution >= 4 is 60.7 Å². The number of hydrogen-bond donors (Lipinski definition) is 2. The molecule has 7 nitrogen and oxygen atoms in total. The molecule has 0 aliphatic rings. The first kappa shape index (κ1) is 19.4. The summed E-state index contributed by atoms with van der Waals surface area (Å²) in [5, 5.41) is 6.02. The number of para-hydroxylation sites is 1. The van der Waals surface area contributed by atoms with Crippen LogP contribution < -0.4 is 10.0 Å². The summed E-state index contributed by atoms with van der Waals surface area (Å²) >= 11 is 7.25. The van der Waals surface area contributed by atoms with E-state index in [1.54, 1.807) is 5.38 Å².